The second kappa shape index (κ2) is 15.3. The number of benzene rings is 2. The molecule has 7 rings (SSSR count). The van der Waals surface area contributed by atoms with Gasteiger partial charge in [-0.1, -0.05) is 69.0 Å². The normalized spacial score (nSPS) is 13.5. The molecule has 6 heteroatoms. The van der Waals surface area contributed by atoms with E-state index in [1.165, 1.54) is 51.0 Å². The Balaban J connectivity index is 0.00000205. The molecule has 5 aromatic rings. The Morgan fingerprint density at radius 1 is 0.959 bits per heavy atom. The van der Waals surface area contributed by atoms with Crippen molar-refractivity contribution in [3.05, 3.63) is 167 Å². The Kier molecular flexibility index (Phi) is 10.3. The summed E-state index contributed by atoms with van der Waals surface area (Å²) in [4.78, 5) is 4.66. The number of pyridine rings is 1. The van der Waals surface area contributed by atoms with Crippen LogP contribution in [0.3, 0.4) is 0 Å². The van der Waals surface area contributed by atoms with Crippen LogP contribution in [0.4, 0.5) is 0 Å². The number of aryl methyl sites for hydroxylation is 1. The standard InChI is InChI=1S/C41H38N6.C2H6/c1-3-43-27-39-29(2)41-38(10-6-23-45-41)47(39)36-17-12-31(13-18-36)25-30-7-4-8-32(14-11-30)33-15-19-35(20-16-33)46-37(9-5-22-42)26-34-21-24-44-28-40(34)46;1-2/h3,5-24,26,42-44H,1,4,25,27-28H2,2H3;1-2H3/b9-5-,42-22?;. The maximum absolute atomic E-state index is 7.45. The summed E-state index contributed by atoms with van der Waals surface area (Å²) in [5.74, 6) is 0. The van der Waals surface area contributed by atoms with E-state index in [1.54, 1.807) is 12.3 Å². The zero-order valence-corrected chi connectivity index (χ0v) is 28.6. The van der Waals surface area contributed by atoms with Gasteiger partial charge in [0.1, 0.15) is 0 Å². The Morgan fingerprint density at radius 3 is 2.51 bits per heavy atom. The molecular formula is C43H44N6. The lowest BCUT2D eigenvalue weighted by Gasteiger charge is -2.16. The van der Waals surface area contributed by atoms with Crippen LogP contribution in [0.1, 0.15) is 59.6 Å². The summed E-state index contributed by atoms with van der Waals surface area (Å²) < 4.78 is 4.57. The van der Waals surface area contributed by atoms with Gasteiger partial charge >= 0.3 is 0 Å². The van der Waals surface area contributed by atoms with Crippen LogP contribution in [0.25, 0.3) is 40.1 Å². The van der Waals surface area contributed by atoms with Crippen molar-refractivity contribution < 1.29 is 0 Å². The molecule has 0 amide bonds. The van der Waals surface area contributed by atoms with Crippen molar-refractivity contribution in [2.75, 3.05) is 0 Å². The van der Waals surface area contributed by atoms with Gasteiger partial charge in [0.2, 0.25) is 0 Å². The third-order valence-corrected chi connectivity index (χ3v) is 8.93. The second-order valence-electron chi connectivity index (χ2n) is 11.8. The molecule has 1 aliphatic heterocycles. The van der Waals surface area contributed by atoms with Crippen molar-refractivity contribution in [3.8, 4) is 11.4 Å². The Labute approximate surface area is 289 Å². The third kappa shape index (κ3) is 6.90. The molecule has 0 radical (unpaired) electrons. The lowest BCUT2D eigenvalue weighted by Crippen LogP contribution is -2.14. The van der Waals surface area contributed by atoms with E-state index in [-0.39, 0.29) is 0 Å². The van der Waals surface area contributed by atoms with Crippen LogP contribution in [0.5, 0.6) is 0 Å². The lowest BCUT2D eigenvalue weighted by atomic mass is 10.0. The molecule has 0 spiro atoms. The first-order chi connectivity index (χ1) is 24.1. The van der Waals surface area contributed by atoms with Gasteiger partial charge in [-0.15, -0.1) is 0 Å². The molecule has 4 heterocycles. The summed E-state index contributed by atoms with van der Waals surface area (Å²) in [6, 6.07) is 24.0. The first-order valence-electron chi connectivity index (χ1n) is 17.0. The summed E-state index contributed by atoms with van der Waals surface area (Å²) in [6.07, 6.45) is 23.7. The van der Waals surface area contributed by atoms with Gasteiger partial charge in [-0.25, -0.2) is 0 Å². The van der Waals surface area contributed by atoms with Crippen LogP contribution >= 0.6 is 0 Å². The topological polar surface area (TPSA) is 70.7 Å². The van der Waals surface area contributed by atoms with E-state index in [2.05, 4.69) is 129 Å². The van der Waals surface area contributed by atoms with Gasteiger partial charge < -0.3 is 25.2 Å². The number of fused-ring (bicyclic) bond motifs is 2. The zero-order valence-electron chi connectivity index (χ0n) is 28.6. The molecule has 0 bridgehead atoms. The minimum absolute atomic E-state index is 0.691. The van der Waals surface area contributed by atoms with E-state index in [0.29, 0.717) is 6.54 Å². The van der Waals surface area contributed by atoms with Crippen molar-refractivity contribution in [1.29, 1.82) is 5.41 Å². The summed E-state index contributed by atoms with van der Waals surface area (Å²) in [7, 11) is 0. The van der Waals surface area contributed by atoms with Gasteiger partial charge in [0.05, 0.1) is 24.1 Å². The zero-order chi connectivity index (χ0) is 34.2. The van der Waals surface area contributed by atoms with Gasteiger partial charge in [0, 0.05) is 40.9 Å². The number of hydrogen-bond acceptors (Lipinski definition) is 4. The van der Waals surface area contributed by atoms with Crippen molar-refractivity contribution in [2.24, 2.45) is 0 Å². The van der Waals surface area contributed by atoms with Gasteiger partial charge in [-0.05, 0) is 126 Å². The van der Waals surface area contributed by atoms with E-state index >= 15 is 0 Å². The van der Waals surface area contributed by atoms with E-state index in [1.807, 2.05) is 38.4 Å². The number of allylic oxidation sites excluding steroid dienone is 7. The molecule has 3 aromatic heterocycles. The maximum atomic E-state index is 7.45. The molecule has 0 atom stereocenters. The Morgan fingerprint density at radius 2 is 1.73 bits per heavy atom. The highest BCUT2D eigenvalue weighted by atomic mass is 15.0. The molecule has 246 valence electrons. The van der Waals surface area contributed by atoms with E-state index in [9.17, 15) is 0 Å². The number of aromatic nitrogens is 3. The predicted molar refractivity (Wildman–Crippen MR) is 207 cm³/mol. The fourth-order valence-electron chi connectivity index (χ4n) is 6.60. The molecule has 0 saturated carbocycles. The van der Waals surface area contributed by atoms with Gasteiger partial charge in [0.15, 0.2) is 0 Å². The highest BCUT2D eigenvalue weighted by Crippen LogP contribution is 2.30. The monoisotopic (exact) mass is 644 g/mol. The number of nitrogens with zero attached hydrogens (tertiary/aromatic N) is 3. The number of nitrogens with one attached hydrogen (secondary N) is 3. The van der Waals surface area contributed by atoms with Crippen molar-refractivity contribution in [3.63, 3.8) is 0 Å². The molecule has 1 aliphatic carbocycles. The first-order valence-corrected chi connectivity index (χ1v) is 17.0. The molecule has 2 aromatic carbocycles. The van der Waals surface area contributed by atoms with Crippen LogP contribution in [-0.4, -0.2) is 20.3 Å². The molecule has 2 aliphatic rings. The fourth-order valence-corrected chi connectivity index (χ4v) is 6.60. The maximum Gasteiger partial charge on any atom is 0.0917 e. The van der Waals surface area contributed by atoms with Crippen LogP contribution < -0.4 is 10.6 Å². The largest absolute Gasteiger partial charge is 0.386 e. The van der Waals surface area contributed by atoms with E-state index in [4.69, 9.17) is 5.41 Å². The average molecular weight is 645 g/mol. The average Bonchev–Trinajstić information content (AvgIpc) is 3.55. The molecule has 49 heavy (non-hydrogen) atoms. The fraction of sp³-hybridized carbons (Fsp3) is 0.163. The summed E-state index contributed by atoms with van der Waals surface area (Å²) in [5.41, 5.74) is 15.3. The molecule has 3 N–H and O–H groups in total. The van der Waals surface area contributed by atoms with Gasteiger partial charge in [-0.3, -0.25) is 4.98 Å². The van der Waals surface area contributed by atoms with Crippen LogP contribution in [-0.2, 0) is 19.5 Å². The smallest absolute Gasteiger partial charge is 0.0917 e. The Bertz CT molecular complexity index is 2110. The quantitative estimate of drug-likeness (QED) is 0.133. The number of hydrogen-bond donors (Lipinski definition) is 3. The lowest BCUT2D eigenvalue weighted by molar-refractivity contribution is 0.793. The van der Waals surface area contributed by atoms with E-state index < -0.39 is 0 Å². The van der Waals surface area contributed by atoms with Gasteiger partial charge in [-0.2, -0.15) is 0 Å². The van der Waals surface area contributed by atoms with Crippen LogP contribution in [0.15, 0.2) is 128 Å². The summed E-state index contributed by atoms with van der Waals surface area (Å²) in [5, 5.41) is 14.1. The molecule has 6 nitrogen and oxygen atoms in total. The molecular weight excluding hydrogens is 601 g/mol. The summed E-state index contributed by atoms with van der Waals surface area (Å²) >= 11 is 0. The minimum atomic E-state index is 0.691. The molecule has 0 saturated heterocycles. The van der Waals surface area contributed by atoms with Crippen molar-refractivity contribution >= 4 is 35.0 Å². The predicted octanol–water partition coefficient (Wildman–Crippen LogP) is 9.63. The van der Waals surface area contributed by atoms with E-state index in [0.717, 1.165) is 47.5 Å². The minimum Gasteiger partial charge on any atom is -0.386 e. The molecule has 0 fully saturated rings. The third-order valence-electron chi connectivity index (χ3n) is 8.93. The number of rotatable bonds is 10. The highest BCUT2D eigenvalue weighted by molar-refractivity contribution is 5.83. The molecule has 0 unspecified atom stereocenters. The highest BCUT2D eigenvalue weighted by Gasteiger charge is 2.17. The van der Waals surface area contributed by atoms with Gasteiger partial charge in [0.25, 0.3) is 0 Å². The first kappa shape index (κ1) is 33.0. The SMILES string of the molecule is C=CNCc1c(C)c2ncccc2n1-c1ccc(CC2=CCC=C(c3ccc(-n4c(/C=C\C=N)cc5c4CNC=C5)cc3)C=C2)cc1.CC. The van der Waals surface area contributed by atoms with Crippen LogP contribution in [0.2, 0.25) is 0 Å². The van der Waals surface area contributed by atoms with Crippen molar-refractivity contribution in [1.82, 2.24) is 24.8 Å². The van der Waals surface area contributed by atoms with Crippen molar-refractivity contribution in [2.45, 2.75) is 46.7 Å². The Hall–Kier alpha value is -5.88. The summed E-state index contributed by atoms with van der Waals surface area (Å²) in [6.45, 7) is 11.4. The second-order valence-corrected chi connectivity index (χ2v) is 11.8. The van der Waals surface area contributed by atoms with Crippen LogP contribution in [0, 0.1) is 12.3 Å².